The number of aliphatic hydroxyl groups excluding tert-OH is 1. The van der Waals surface area contributed by atoms with Crippen LogP contribution in [0.25, 0.3) is 0 Å². The summed E-state index contributed by atoms with van der Waals surface area (Å²) in [6, 6.07) is 16.7. The van der Waals surface area contributed by atoms with Gasteiger partial charge in [-0.25, -0.2) is 0 Å². The molecule has 3 rings (SSSR count). The van der Waals surface area contributed by atoms with Crippen molar-refractivity contribution in [2.24, 2.45) is 0 Å². The number of ether oxygens (including phenoxy) is 1. The zero-order chi connectivity index (χ0) is 16.9. The summed E-state index contributed by atoms with van der Waals surface area (Å²) >= 11 is 5.83. The zero-order valence-corrected chi connectivity index (χ0v) is 13.9. The van der Waals surface area contributed by atoms with Crippen molar-refractivity contribution in [2.75, 3.05) is 6.61 Å². The molecule has 0 bridgehead atoms. The molecule has 0 aromatic heterocycles. The van der Waals surface area contributed by atoms with Crippen LogP contribution in [-0.2, 0) is 9.53 Å². The topological polar surface area (TPSA) is 58.6 Å². The summed E-state index contributed by atoms with van der Waals surface area (Å²) in [7, 11) is 0. The lowest BCUT2D eigenvalue weighted by atomic mass is 10.0. The van der Waals surface area contributed by atoms with E-state index in [1.807, 2.05) is 30.3 Å². The van der Waals surface area contributed by atoms with Gasteiger partial charge in [-0.2, -0.15) is 0 Å². The van der Waals surface area contributed by atoms with Crippen LogP contribution < -0.4 is 5.32 Å². The van der Waals surface area contributed by atoms with Gasteiger partial charge in [0.25, 0.3) is 0 Å². The molecule has 0 saturated carbocycles. The van der Waals surface area contributed by atoms with Gasteiger partial charge >= 0.3 is 0 Å². The summed E-state index contributed by atoms with van der Waals surface area (Å²) in [5.41, 5.74) is 1.73. The normalized spacial score (nSPS) is 21.4. The summed E-state index contributed by atoms with van der Waals surface area (Å²) in [4.78, 5) is 12.3. The summed E-state index contributed by atoms with van der Waals surface area (Å²) < 4.78 is 5.76. The van der Waals surface area contributed by atoms with Gasteiger partial charge in [-0.3, -0.25) is 4.79 Å². The Hall–Kier alpha value is -1.88. The SMILES string of the molecule is O=C(CC(O)c1ccc(Cl)cc1)NC1CCOC1c1ccccc1. The molecule has 3 unspecified atom stereocenters. The van der Waals surface area contributed by atoms with Crippen molar-refractivity contribution >= 4 is 17.5 Å². The fraction of sp³-hybridized carbons (Fsp3) is 0.316. The van der Waals surface area contributed by atoms with Gasteiger partial charge in [0.15, 0.2) is 0 Å². The monoisotopic (exact) mass is 345 g/mol. The number of aliphatic hydroxyl groups is 1. The van der Waals surface area contributed by atoms with Crippen LogP contribution in [0.5, 0.6) is 0 Å². The van der Waals surface area contributed by atoms with Crippen LogP contribution in [0.4, 0.5) is 0 Å². The zero-order valence-electron chi connectivity index (χ0n) is 13.2. The molecule has 0 radical (unpaired) electrons. The van der Waals surface area contributed by atoms with Gasteiger partial charge in [0.2, 0.25) is 5.91 Å². The molecule has 2 N–H and O–H groups in total. The second kappa shape index (κ2) is 7.79. The Balaban J connectivity index is 1.59. The highest BCUT2D eigenvalue weighted by Crippen LogP contribution is 2.29. The fourth-order valence-electron chi connectivity index (χ4n) is 2.95. The predicted molar refractivity (Wildman–Crippen MR) is 92.7 cm³/mol. The van der Waals surface area contributed by atoms with Crippen LogP contribution in [0.15, 0.2) is 54.6 Å². The molecular weight excluding hydrogens is 326 g/mol. The molecular formula is C19H20ClNO3. The first-order valence-electron chi connectivity index (χ1n) is 8.03. The lowest BCUT2D eigenvalue weighted by Gasteiger charge is -2.21. The lowest BCUT2D eigenvalue weighted by molar-refractivity contribution is -0.124. The molecule has 0 aliphatic carbocycles. The predicted octanol–water partition coefficient (Wildman–Crippen LogP) is 3.41. The highest BCUT2D eigenvalue weighted by atomic mass is 35.5. The van der Waals surface area contributed by atoms with Crippen molar-refractivity contribution in [3.8, 4) is 0 Å². The molecule has 24 heavy (non-hydrogen) atoms. The smallest absolute Gasteiger partial charge is 0.223 e. The maximum atomic E-state index is 12.3. The van der Waals surface area contributed by atoms with Crippen molar-refractivity contribution in [3.05, 3.63) is 70.7 Å². The number of rotatable bonds is 5. The number of hydrogen-bond donors (Lipinski definition) is 2. The average molecular weight is 346 g/mol. The van der Waals surface area contributed by atoms with E-state index in [0.717, 1.165) is 12.0 Å². The van der Waals surface area contributed by atoms with E-state index >= 15 is 0 Å². The molecule has 0 spiro atoms. The third-order valence-electron chi connectivity index (χ3n) is 4.20. The minimum atomic E-state index is -0.847. The molecule has 1 saturated heterocycles. The quantitative estimate of drug-likeness (QED) is 0.873. The Labute approximate surface area is 146 Å². The molecule has 1 aliphatic heterocycles. The van der Waals surface area contributed by atoms with Crippen LogP contribution in [0.1, 0.15) is 36.2 Å². The van der Waals surface area contributed by atoms with Gasteiger partial charge in [-0.1, -0.05) is 54.1 Å². The highest BCUT2D eigenvalue weighted by molar-refractivity contribution is 6.30. The molecule has 4 nitrogen and oxygen atoms in total. The first-order valence-corrected chi connectivity index (χ1v) is 8.41. The van der Waals surface area contributed by atoms with Gasteiger partial charge in [0.05, 0.1) is 18.6 Å². The molecule has 1 fully saturated rings. The minimum Gasteiger partial charge on any atom is -0.388 e. The van der Waals surface area contributed by atoms with Crippen LogP contribution in [-0.4, -0.2) is 23.7 Å². The van der Waals surface area contributed by atoms with E-state index in [1.54, 1.807) is 24.3 Å². The van der Waals surface area contributed by atoms with E-state index in [2.05, 4.69) is 5.32 Å². The summed E-state index contributed by atoms with van der Waals surface area (Å²) in [5.74, 6) is -0.186. The second-order valence-electron chi connectivity index (χ2n) is 5.94. The van der Waals surface area contributed by atoms with Crippen molar-refractivity contribution in [3.63, 3.8) is 0 Å². The number of hydrogen-bond acceptors (Lipinski definition) is 3. The highest BCUT2D eigenvalue weighted by Gasteiger charge is 2.31. The van der Waals surface area contributed by atoms with Gasteiger partial charge in [0, 0.05) is 11.6 Å². The Morgan fingerprint density at radius 2 is 1.92 bits per heavy atom. The summed E-state index contributed by atoms with van der Waals surface area (Å²) in [6.07, 6.45) is -0.204. The maximum Gasteiger partial charge on any atom is 0.223 e. The molecule has 1 heterocycles. The Morgan fingerprint density at radius 3 is 2.62 bits per heavy atom. The Morgan fingerprint density at radius 1 is 1.21 bits per heavy atom. The van der Waals surface area contributed by atoms with Crippen molar-refractivity contribution < 1.29 is 14.6 Å². The van der Waals surface area contributed by atoms with Crippen LogP contribution in [0.2, 0.25) is 5.02 Å². The summed E-state index contributed by atoms with van der Waals surface area (Å²) in [5, 5.41) is 13.8. The lowest BCUT2D eigenvalue weighted by Crippen LogP contribution is -2.37. The van der Waals surface area contributed by atoms with Gasteiger partial charge < -0.3 is 15.2 Å². The Bertz CT molecular complexity index is 675. The number of benzene rings is 2. The van der Waals surface area contributed by atoms with Crippen molar-refractivity contribution in [1.29, 1.82) is 0 Å². The Kier molecular flexibility index (Phi) is 5.51. The summed E-state index contributed by atoms with van der Waals surface area (Å²) in [6.45, 7) is 0.615. The number of nitrogens with one attached hydrogen (secondary N) is 1. The standard InChI is InChI=1S/C19H20ClNO3/c20-15-8-6-13(7-9-15)17(22)12-18(23)21-16-10-11-24-19(16)14-4-2-1-3-5-14/h1-9,16-17,19,22H,10-12H2,(H,21,23). The molecule has 126 valence electrons. The third kappa shape index (κ3) is 4.15. The van der Waals surface area contributed by atoms with E-state index in [9.17, 15) is 9.90 Å². The van der Waals surface area contributed by atoms with Crippen LogP contribution >= 0.6 is 11.6 Å². The third-order valence-corrected chi connectivity index (χ3v) is 4.45. The molecule has 5 heteroatoms. The van der Waals surface area contributed by atoms with E-state index in [-0.39, 0.29) is 24.5 Å². The molecule has 3 atom stereocenters. The maximum absolute atomic E-state index is 12.3. The number of halogens is 1. The molecule has 2 aromatic rings. The first kappa shape index (κ1) is 17.0. The first-order chi connectivity index (χ1) is 11.6. The second-order valence-corrected chi connectivity index (χ2v) is 6.37. The average Bonchev–Trinajstić information content (AvgIpc) is 3.04. The number of carbonyl (C=O) groups excluding carboxylic acids is 1. The number of amides is 1. The van der Waals surface area contributed by atoms with E-state index in [1.165, 1.54) is 0 Å². The van der Waals surface area contributed by atoms with Gasteiger partial charge in [-0.05, 0) is 29.7 Å². The van der Waals surface area contributed by atoms with Crippen molar-refractivity contribution in [2.45, 2.75) is 31.1 Å². The van der Waals surface area contributed by atoms with Gasteiger partial charge in [-0.15, -0.1) is 0 Å². The van der Waals surface area contributed by atoms with Crippen LogP contribution in [0.3, 0.4) is 0 Å². The molecule has 1 amide bonds. The van der Waals surface area contributed by atoms with Crippen LogP contribution in [0, 0.1) is 0 Å². The number of carbonyl (C=O) groups is 1. The van der Waals surface area contributed by atoms with E-state index in [0.29, 0.717) is 17.2 Å². The largest absolute Gasteiger partial charge is 0.388 e. The molecule has 1 aliphatic rings. The van der Waals surface area contributed by atoms with E-state index in [4.69, 9.17) is 16.3 Å². The van der Waals surface area contributed by atoms with E-state index < -0.39 is 6.10 Å². The minimum absolute atomic E-state index is 0.0135. The fourth-order valence-corrected chi connectivity index (χ4v) is 3.08. The van der Waals surface area contributed by atoms with Crippen molar-refractivity contribution in [1.82, 2.24) is 5.32 Å². The van der Waals surface area contributed by atoms with Gasteiger partial charge in [0.1, 0.15) is 6.10 Å². The molecule has 2 aromatic carbocycles.